The Morgan fingerprint density at radius 3 is 2.43 bits per heavy atom. The molecule has 0 aliphatic heterocycles. The van der Waals surface area contributed by atoms with Gasteiger partial charge in [-0.15, -0.1) is 6.42 Å². The molecule has 30 heavy (non-hydrogen) atoms. The SMILES string of the molecule is C#CCn1c(=NC(=O)c2cc([N+](=O)[O-])cc([N+](=O)[O-])c2)sc2cc(OCC)ccc21. The summed E-state index contributed by atoms with van der Waals surface area (Å²) in [7, 11) is 0. The van der Waals surface area contributed by atoms with Crippen LogP contribution in [0.1, 0.15) is 17.3 Å². The number of carbonyl (C=O) groups excluding carboxylic acids is 1. The monoisotopic (exact) mass is 426 g/mol. The number of amides is 1. The number of hydrogen-bond donors (Lipinski definition) is 0. The maximum absolute atomic E-state index is 12.7. The summed E-state index contributed by atoms with van der Waals surface area (Å²) in [5.41, 5.74) is -0.678. The number of nitro groups is 2. The van der Waals surface area contributed by atoms with Gasteiger partial charge >= 0.3 is 0 Å². The molecule has 0 spiro atoms. The Bertz CT molecular complexity index is 1250. The van der Waals surface area contributed by atoms with Crippen molar-refractivity contribution >= 4 is 38.8 Å². The first-order valence-corrected chi connectivity index (χ1v) is 9.38. The van der Waals surface area contributed by atoms with Gasteiger partial charge < -0.3 is 9.30 Å². The Balaban J connectivity index is 2.15. The average molecular weight is 426 g/mol. The maximum Gasteiger partial charge on any atom is 0.280 e. The molecule has 0 unspecified atom stereocenters. The number of non-ortho nitro benzene ring substituents is 2. The second-order valence-corrected chi connectivity index (χ2v) is 6.92. The topological polar surface area (TPSA) is 130 Å². The number of nitrogens with zero attached hydrogens (tertiary/aromatic N) is 4. The van der Waals surface area contributed by atoms with Crippen LogP contribution in [-0.2, 0) is 6.54 Å². The van der Waals surface area contributed by atoms with Crippen molar-refractivity contribution in [3.05, 3.63) is 67.0 Å². The van der Waals surface area contributed by atoms with Crippen molar-refractivity contribution in [2.75, 3.05) is 6.61 Å². The second kappa shape index (κ2) is 8.54. The number of hydrogen-bond acceptors (Lipinski definition) is 7. The zero-order valence-electron chi connectivity index (χ0n) is 15.6. The third kappa shape index (κ3) is 4.18. The number of nitro benzene ring substituents is 2. The van der Waals surface area contributed by atoms with E-state index in [1.807, 2.05) is 6.92 Å². The Morgan fingerprint density at radius 2 is 1.87 bits per heavy atom. The molecule has 0 bridgehead atoms. The lowest BCUT2D eigenvalue weighted by atomic mass is 10.1. The summed E-state index contributed by atoms with van der Waals surface area (Å²) in [6.07, 6.45) is 5.44. The molecule has 2 aromatic carbocycles. The van der Waals surface area contributed by atoms with E-state index in [1.165, 1.54) is 11.3 Å². The van der Waals surface area contributed by atoms with Gasteiger partial charge in [0.1, 0.15) is 5.75 Å². The number of ether oxygens (including phenoxy) is 1. The Hall–Kier alpha value is -4.04. The molecule has 0 atom stereocenters. The highest BCUT2D eigenvalue weighted by Gasteiger charge is 2.20. The fraction of sp³-hybridized carbons (Fsp3) is 0.158. The summed E-state index contributed by atoms with van der Waals surface area (Å²) in [6.45, 7) is 2.48. The number of thiazole rings is 1. The number of aromatic nitrogens is 1. The molecular formula is C19H14N4O6S. The van der Waals surface area contributed by atoms with Crippen LogP contribution in [-0.4, -0.2) is 26.9 Å². The maximum atomic E-state index is 12.7. The molecule has 10 nitrogen and oxygen atoms in total. The minimum Gasteiger partial charge on any atom is -0.494 e. The Kier molecular flexibility index (Phi) is 5.89. The van der Waals surface area contributed by atoms with Crippen LogP contribution >= 0.6 is 11.3 Å². The van der Waals surface area contributed by atoms with Gasteiger partial charge in [-0.1, -0.05) is 17.3 Å². The van der Waals surface area contributed by atoms with E-state index in [4.69, 9.17) is 11.2 Å². The quantitative estimate of drug-likeness (QED) is 0.338. The highest BCUT2D eigenvalue weighted by molar-refractivity contribution is 7.16. The van der Waals surface area contributed by atoms with Crippen LogP contribution in [0.5, 0.6) is 5.75 Å². The molecule has 1 heterocycles. The van der Waals surface area contributed by atoms with Crippen LogP contribution in [0.3, 0.4) is 0 Å². The molecule has 3 rings (SSSR count). The van der Waals surface area contributed by atoms with Crippen LogP contribution in [0.2, 0.25) is 0 Å². The van der Waals surface area contributed by atoms with Gasteiger partial charge in [0.05, 0.1) is 44.8 Å². The van der Waals surface area contributed by atoms with E-state index >= 15 is 0 Å². The third-order valence-electron chi connectivity index (χ3n) is 3.98. The van der Waals surface area contributed by atoms with Crippen LogP contribution in [0, 0.1) is 32.6 Å². The van der Waals surface area contributed by atoms with Gasteiger partial charge in [0.2, 0.25) is 0 Å². The summed E-state index contributed by atoms with van der Waals surface area (Å²) in [5.74, 6) is 2.28. The van der Waals surface area contributed by atoms with Crippen LogP contribution in [0.15, 0.2) is 41.4 Å². The lowest BCUT2D eigenvalue weighted by molar-refractivity contribution is -0.394. The third-order valence-corrected chi connectivity index (χ3v) is 5.02. The molecule has 3 aromatic rings. The van der Waals surface area contributed by atoms with E-state index in [0.29, 0.717) is 12.4 Å². The van der Waals surface area contributed by atoms with Crippen LogP contribution < -0.4 is 9.54 Å². The molecule has 152 valence electrons. The number of benzene rings is 2. The van der Waals surface area contributed by atoms with Gasteiger partial charge in [0.15, 0.2) is 4.80 Å². The van der Waals surface area contributed by atoms with Gasteiger partial charge in [-0.25, -0.2) is 0 Å². The summed E-state index contributed by atoms with van der Waals surface area (Å²) in [4.78, 5) is 37.4. The predicted molar refractivity (Wildman–Crippen MR) is 109 cm³/mol. The number of rotatable bonds is 6. The van der Waals surface area contributed by atoms with Crippen molar-refractivity contribution in [1.29, 1.82) is 0 Å². The molecule has 0 aliphatic rings. The van der Waals surface area contributed by atoms with E-state index < -0.39 is 27.1 Å². The highest BCUT2D eigenvalue weighted by atomic mass is 32.1. The number of terminal acetylenes is 1. The van der Waals surface area contributed by atoms with Gasteiger partial charge in [0, 0.05) is 12.1 Å². The Morgan fingerprint density at radius 1 is 1.20 bits per heavy atom. The predicted octanol–water partition coefficient (Wildman–Crippen LogP) is 3.29. The summed E-state index contributed by atoms with van der Waals surface area (Å²) in [6, 6.07) is 8.02. The zero-order valence-corrected chi connectivity index (χ0v) is 16.4. The molecule has 0 saturated carbocycles. The van der Waals surface area contributed by atoms with Gasteiger partial charge in [-0.3, -0.25) is 25.0 Å². The zero-order chi connectivity index (χ0) is 21.8. The lowest BCUT2D eigenvalue weighted by Gasteiger charge is -2.03. The van der Waals surface area contributed by atoms with Gasteiger partial charge in [-0.05, 0) is 25.1 Å². The smallest absolute Gasteiger partial charge is 0.280 e. The van der Waals surface area contributed by atoms with Gasteiger partial charge in [0.25, 0.3) is 17.3 Å². The number of carbonyl (C=O) groups is 1. The summed E-state index contributed by atoms with van der Waals surface area (Å²) in [5, 5.41) is 22.1. The fourth-order valence-electron chi connectivity index (χ4n) is 2.72. The molecule has 1 aromatic heterocycles. The highest BCUT2D eigenvalue weighted by Crippen LogP contribution is 2.25. The van der Waals surface area contributed by atoms with Crippen molar-refractivity contribution in [2.45, 2.75) is 13.5 Å². The molecule has 0 radical (unpaired) electrons. The molecule has 0 aliphatic carbocycles. The van der Waals surface area contributed by atoms with Crippen molar-refractivity contribution in [2.24, 2.45) is 4.99 Å². The first kappa shape index (κ1) is 20.7. The molecule has 11 heteroatoms. The average Bonchev–Trinajstić information content (AvgIpc) is 3.04. The van der Waals surface area contributed by atoms with E-state index in [0.717, 1.165) is 28.4 Å². The largest absolute Gasteiger partial charge is 0.494 e. The van der Waals surface area contributed by atoms with Crippen LogP contribution in [0.25, 0.3) is 10.2 Å². The normalized spacial score (nSPS) is 11.3. The van der Waals surface area contributed by atoms with Gasteiger partial charge in [-0.2, -0.15) is 4.99 Å². The van der Waals surface area contributed by atoms with Crippen molar-refractivity contribution in [1.82, 2.24) is 4.57 Å². The fourth-order valence-corrected chi connectivity index (χ4v) is 3.78. The molecular weight excluding hydrogens is 412 g/mol. The molecule has 0 saturated heterocycles. The summed E-state index contributed by atoms with van der Waals surface area (Å²) < 4.78 is 7.89. The standard InChI is InChI=1S/C19H14N4O6S/c1-3-7-21-16-6-5-15(29-4-2)11-17(16)30-19(21)20-18(24)12-8-13(22(25)26)10-14(9-12)23(27)28/h1,5-6,8-11H,4,7H2,2H3. The molecule has 0 fully saturated rings. The van der Waals surface area contributed by atoms with E-state index in [-0.39, 0.29) is 16.9 Å². The minimum atomic E-state index is -0.857. The van der Waals surface area contributed by atoms with E-state index in [9.17, 15) is 25.0 Å². The Labute approximate surface area is 173 Å². The van der Waals surface area contributed by atoms with Crippen molar-refractivity contribution in [3.8, 4) is 18.1 Å². The first-order valence-electron chi connectivity index (χ1n) is 8.56. The van der Waals surface area contributed by atoms with Crippen molar-refractivity contribution < 1.29 is 19.4 Å². The first-order chi connectivity index (χ1) is 14.3. The summed E-state index contributed by atoms with van der Waals surface area (Å²) >= 11 is 1.18. The number of fused-ring (bicyclic) bond motifs is 1. The van der Waals surface area contributed by atoms with Crippen molar-refractivity contribution in [3.63, 3.8) is 0 Å². The molecule has 0 N–H and O–H groups in total. The van der Waals surface area contributed by atoms with Crippen LogP contribution in [0.4, 0.5) is 11.4 Å². The minimum absolute atomic E-state index is 0.134. The van der Waals surface area contributed by atoms with E-state index in [2.05, 4.69) is 10.9 Å². The second-order valence-electron chi connectivity index (χ2n) is 5.91. The van der Waals surface area contributed by atoms with E-state index in [1.54, 1.807) is 22.8 Å². The lowest BCUT2D eigenvalue weighted by Crippen LogP contribution is -2.16. The molecule has 1 amide bonds.